The van der Waals surface area contributed by atoms with Gasteiger partial charge in [-0.3, -0.25) is 4.72 Å². The predicted octanol–water partition coefficient (Wildman–Crippen LogP) is 3.84. The van der Waals surface area contributed by atoms with Crippen LogP contribution in [0.15, 0.2) is 45.8 Å². The first-order valence-corrected chi connectivity index (χ1v) is 7.81. The second-order valence-corrected chi connectivity index (χ2v) is 6.67. The Bertz CT molecular complexity index is 763. The van der Waals surface area contributed by atoms with Gasteiger partial charge in [0.1, 0.15) is 16.5 Å². The van der Waals surface area contributed by atoms with Gasteiger partial charge in [-0.1, -0.05) is 6.07 Å². The number of aryl methyl sites for hydroxylation is 1. The van der Waals surface area contributed by atoms with E-state index < -0.39 is 26.6 Å². The summed E-state index contributed by atoms with van der Waals surface area (Å²) in [6.07, 6.45) is 0. The molecule has 0 saturated carbocycles. The number of rotatable bonds is 3. The molecular formula is C13H10BrF2NO2S. The normalized spacial score (nSPS) is 11.4. The maximum atomic E-state index is 13.6. The molecule has 0 atom stereocenters. The molecule has 0 amide bonds. The number of sulfonamides is 1. The summed E-state index contributed by atoms with van der Waals surface area (Å²) < 4.78 is 53.6. The van der Waals surface area contributed by atoms with Gasteiger partial charge in [-0.05, 0) is 58.7 Å². The van der Waals surface area contributed by atoms with Gasteiger partial charge in [0.05, 0.1) is 5.69 Å². The van der Waals surface area contributed by atoms with Gasteiger partial charge in [-0.15, -0.1) is 0 Å². The van der Waals surface area contributed by atoms with Gasteiger partial charge in [0.25, 0.3) is 10.0 Å². The Labute approximate surface area is 123 Å². The summed E-state index contributed by atoms with van der Waals surface area (Å²) in [5.41, 5.74) is 1.08. The molecule has 7 heteroatoms. The Morgan fingerprint density at radius 1 is 1.10 bits per heavy atom. The quantitative estimate of drug-likeness (QED) is 0.902. The molecule has 0 heterocycles. The zero-order valence-electron chi connectivity index (χ0n) is 10.3. The van der Waals surface area contributed by atoms with E-state index in [1.807, 2.05) is 0 Å². The molecule has 0 fully saturated rings. The average Bonchev–Trinajstić information content (AvgIpc) is 2.36. The van der Waals surface area contributed by atoms with Crippen LogP contribution in [-0.4, -0.2) is 8.42 Å². The van der Waals surface area contributed by atoms with Crippen molar-refractivity contribution in [3.63, 3.8) is 0 Å². The van der Waals surface area contributed by atoms with Crippen molar-refractivity contribution in [2.45, 2.75) is 11.8 Å². The Kier molecular flexibility index (Phi) is 4.10. The van der Waals surface area contributed by atoms with Crippen molar-refractivity contribution < 1.29 is 17.2 Å². The fourth-order valence-electron chi connectivity index (χ4n) is 1.60. The number of anilines is 1. The van der Waals surface area contributed by atoms with Gasteiger partial charge >= 0.3 is 0 Å². The molecule has 0 saturated heterocycles. The van der Waals surface area contributed by atoms with E-state index in [-0.39, 0.29) is 5.69 Å². The number of halogens is 3. The van der Waals surface area contributed by atoms with Crippen LogP contribution in [-0.2, 0) is 10.0 Å². The van der Waals surface area contributed by atoms with E-state index in [9.17, 15) is 17.2 Å². The van der Waals surface area contributed by atoms with E-state index in [0.717, 1.165) is 17.7 Å². The molecule has 2 rings (SSSR count). The molecule has 0 radical (unpaired) electrons. The van der Waals surface area contributed by atoms with E-state index in [1.165, 1.54) is 0 Å². The van der Waals surface area contributed by atoms with Crippen molar-refractivity contribution in [1.82, 2.24) is 0 Å². The lowest BCUT2D eigenvalue weighted by Gasteiger charge is -2.11. The molecule has 106 valence electrons. The Morgan fingerprint density at radius 3 is 2.50 bits per heavy atom. The minimum absolute atomic E-state index is 0.258. The van der Waals surface area contributed by atoms with Crippen molar-refractivity contribution in [3.8, 4) is 0 Å². The van der Waals surface area contributed by atoms with Crippen LogP contribution < -0.4 is 4.72 Å². The van der Waals surface area contributed by atoms with Crippen LogP contribution in [0.4, 0.5) is 14.5 Å². The summed E-state index contributed by atoms with van der Waals surface area (Å²) in [4.78, 5) is -0.731. The topological polar surface area (TPSA) is 46.2 Å². The van der Waals surface area contributed by atoms with Gasteiger partial charge in [-0.25, -0.2) is 17.2 Å². The largest absolute Gasteiger partial charge is 0.278 e. The average molecular weight is 362 g/mol. The Morgan fingerprint density at radius 2 is 1.80 bits per heavy atom. The van der Waals surface area contributed by atoms with Gasteiger partial charge in [0, 0.05) is 4.47 Å². The first-order chi connectivity index (χ1) is 9.29. The second kappa shape index (κ2) is 5.49. The highest BCUT2D eigenvalue weighted by molar-refractivity contribution is 9.10. The second-order valence-electron chi connectivity index (χ2n) is 4.16. The molecule has 0 aliphatic heterocycles. The lowest BCUT2D eigenvalue weighted by atomic mass is 10.2. The van der Waals surface area contributed by atoms with Crippen LogP contribution in [0.1, 0.15) is 5.56 Å². The smallest absolute Gasteiger partial charge is 0.264 e. The highest BCUT2D eigenvalue weighted by Gasteiger charge is 2.21. The third-order valence-corrected chi connectivity index (χ3v) is 4.62. The van der Waals surface area contributed by atoms with Crippen LogP contribution in [0, 0.1) is 18.6 Å². The minimum atomic E-state index is -4.20. The molecule has 2 aromatic rings. The maximum Gasteiger partial charge on any atom is 0.264 e. The van der Waals surface area contributed by atoms with Crippen molar-refractivity contribution in [3.05, 3.63) is 58.1 Å². The maximum absolute atomic E-state index is 13.6. The molecule has 0 spiro atoms. The molecule has 3 nitrogen and oxygen atoms in total. The van der Waals surface area contributed by atoms with Crippen molar-refractivity contribution in [2.24, 2.45) is 0 Å². The van der Waals surface area contributed by atoms with Gasteiger partial charge in [0.15, 0.2) is 0 Å². The van der Waals surface area contributed by atoms with Crippen LogP contribution in [0.3, 0.4) is 0 Å². The molecule has 0 aromatic heterocycles. The van der Waals surface area contributed by atoms with E-state index in [4.69, 9.17) is 0 Å². The minimum Gasteiger partial charge on any atom is -0.278 e. The number of hydrogen-bond acceptors (Lipinski definition) is 2. The first-order valence-electron chi connectivity index (χ1n) is 5.53. The summed E-state index contributed by atoms with van der Waals surface area (Å²) in [7, 11) is -4.20. The molecule has 0 unspecified atom stereocenters. The summed E-state index contributed by atoms with van der Waals surface area (Å²) in [5.74, 6) is -1.84. The molecule has 2 aromatic carbocycles. The van der Waals surface area contributed by atoms with Crippen LogP contribution in [0.2, 0.25) is 0 Å². The first kappa shape index (κ1) is 14.9. The lowest BCUT2D eigenvalue weighted by Crippen LogP contribution is -2.15. The molecular weight excluding hydrogens is 352 g/mol. The fourth-order valence-corrected chi connectivity index (χ4v) is 3.24. The summed E-state index contributed by atoms with van der Waals surface area (Å²) >= 11 is 3.19. The van der Waals surface area contributed by atoms with Crippen molar-refractivity contribution in [1.29, 1.82) is 0 Å². The molecule has 0 bridgehead atoms. The van der Waals surface area contributed by atoms with E-state index >= 15 is 0 Å². The van der Waals surface area contributed by atoms with Crippen molar-refractivity contribution >= 4 is 31.6 Å². The van der Waals surface area contributed by atoms with E-state index in [0.29, 0.717) is 10.5 Å². The summed E-state index contributed by atoms with van der Waals surface area (Å²) in [5, 5.41) is 0. The summed E-state index contributed by atoms with van der Waals surface area (Å²) in [6.45, 7) is 1.78. The van der Waals surface area contributed by atoms with Gasteiger partial charge in [0.2, 0.25) is 0 Å². The fraction of sp³-hybridized carbons (Fsp3) is 0.0769. The number of nitrogens with one attached hydrogen (secondary N) is 1. The summed E-state index contributed by atoms with van der Waals surface area (Å²) in [6, 6.07) is 7.30. The monoisotopic (exact) mass is 361 g/mol. The highest BCUT2D eigenvalue weighted by Crippen LogP contribution is 2.27. The van der Waals surface area contributed by atoms with Crippen LogP contribution in [0.25, 0.3) is 0 Å². The SMILES string of the molecule is Cc1ccc(Br)c(NS(=O)(=O)c2cc(F)ccc2F)c1. The van der Waals surface area contributed by atoms with Crippen LogP contribution >= 0.6 is 15.9 Å². The highest BCUT2D eigenvalue weighted by atomic mass is 79.9. The zero-order chi connectivity index (χ0) is 14.9. The van der Waals surface area contributed by atoms with E-state index in [2.05, 4.69) is 20.7 Å². The zero-order valence-corrected chi connectivity index (χ0v) is 12.7. The molecule has 0 aliphatic rings. The van der Waals surface area contributed by atoms with E-state index in [1.54, 1.807) is 25.1 Å². The molecule has 20 heavy (non-hydrogen) atoms. The predicted molar refractivity (Wildman–Crippen MR) is 76.0 cm³/mol. The number of hydrogen-bond donors (Lipinski definition) is 1. The van der Waals surface area contributed by atoms with Gasteiger partial charge in [-0.2, -0.15) is 0 Å². The number of benzene rings is 2. The van der Waals surface area contributed by atoms with Crippen molar-refractivity contribution in [2.75, 3.05) is 4.72 Å². The molecule has 1 N–H and O–H groups in total. The molecule has 0 aliphatic carbocycles. The van der Waals surface area contributed by atoms with Gasteiger partial charge < -0.3 is 0 Å². The van der Waals surface area contributed by atoms with Crippen LogP contribution in [0.5, 0.6) is 0 Å². The third-order valence-electron chi connectivity index (χ3n) is 2.55. The Hall–Kier alpha value is -1.47. The standard InChI is InChI=1S/C13H10BrF2NO2S/c1-8-2-4-10(14)12(6-8)17-20(18,19)13-7-9(15)3-5-11(13)16/h2-7,17H,1H3. The lowest BCUT2D eigenvalue weighted by molar-refractivity contribution is 0.555. The third kappa shape index (κ3) is 3.16. The Balaban J connectivity index is 2.46.